The molecule has 1 aliphatic carbocycles. The maximum absolute atomic E-state index is 6.06. The van der Waals surface area contributed by atoms with E-state index in [4.69, 9.17) is 17.3 Å². The molecule has 1 aromatic carbocycles. The zero-order valence-electron chi connectivity index (χ0n) is 13.5. The first-order valence-electron chi connectivity index (χ1n) is 8.12. The van der Waals surface area contributed by atoms with Crippen LogP contribution in [-0.2, 0) is 0 Å². The first-order chi connectivity index (χ1) is 9.90. The molecule has 0 amide bonds. The van der Waals surface area contributed by atoms with Crippen LogP contribution in [0.1, 0.15) is 46.5 Å². The summed E-state index contributed by atoms with van der Waals surface area (Å²) in [5.74, 6) is 1.52. The number of hydrogen-bond donors (Lipinski definition) is 2. The third-order valence-corrected chi connectivity index (χ3v) is 5.23. The summed E-state index contributed by atoms with van der Waals surface area (Å²) >= 11 is 6.06. The van der Waals surface area contributed by atoms with Gasteiger partial charge >= 0.3 is 0 Å². The molecule has 0 saturated heterocycles. The first kappa shape index (κ1) is 16.6. The van der Waals surface area contributed by atoms with Crippen molar-refractivity contribution in [1.29, 1.82) is 0 Å². The minimum atomic E-state index is 0.351. The molecule has 1 aliphatic rings. The zero-order chi connectivity index (χ0) is 15.5. The molecule has 1 unspecified atom stereocenters. The number of halogens is 1. The number of hydrogen-bond acceptors (Lipinski definition) is 2. The van der Waals surface area contributed by atoms with Crippen LogP contribution in [-0.4, -0.2) is 12.6 Å². The molecule has 0 aromatic heterocycles. The molecule has 1 fully saturated rings. The normalized spacial score (nSPS) is 24.6. The van der Waals surface area contributed by atoms with Gasteiger partial charge in [0.1, 0.15) is 0 Å². The Balaban J connectivity index is 1.94. The zero-order valence-corrected chi connectivity index (χ0v) is 14.3. The minimum Gasteiger partial charge on any atom is -0.381 e. The van der Waals surface area contributed by atoms with Gasteiger partial charge in [0.15, 0.2) is 0 Å². The lowest BCUT2D eigenvalue weighted by molar-refractivity contribution is 0.143. The third-order valence-electron chi connectivity index (χ3n) is 5.00. The summed E-state index contributed by atoms with van der Waals surface area (Å²) in [6.07, 6.45) is 5.19. The Labute approximate surface area is 134 Å². The topological polar surface area (TPSA) is 38.0 Å². The molecule has 3 N–H and O–H groups in total. The lowest BCUT2D eigenvalue weighted by Crippen LogP contribution is -2.39. The summed E-state index contributed by atoms with van der Waals surface area (Å²) in [7, 11) is 0. The molecule has 0 radical (unpaired) electrons. The average molecular weight is 309 g/mol. The molecule has 0 bridgehead atoms. The molecule has 1 atom stereocenters. The summed E-state index contributed by atoms with van der Waals surface area (Å²) in [4.78, 5) is 0. The van der Waals surface area contributed by atoms with Crippen LogP contribution in [0.4, 0.5) is 5.69 Å². The van der Waals surface area contributed by atoms with Crippen molar-refractivity contribution in [1.82, 2.24) is 0 Å². The molecule has 21 heavy (non-hydrogen) atoms. The molecule has 2 rings (SSSR count). The van der Waals surface area contributed by atoms with Crippen LogP contribution < -0.4 is 11.1 Å². The van der Waals surface area contributed by atoms with Crippen LogP contribution in [0.5, 0.6) is 0 Å². The fourth-order valence-electron chi connectivity index (χ4n) is 3.55. The van der Waals surface area contributed by atoms with E-state index in [0.29, 0.717) is 23.9 Å². The highest BCUT2D eigenvalue weighted by atomic mass is 35.5. The van der Waals surface area contributed by atoms with Gasteiger partial charge < -0.3 is 11.1 Å². The Hall–Kier alpha value is -0.730. The van der Waals surface area contributed by atoms with Crippen LogP contribution in [0.15, 0.2) is 24.3 Å². The molecule has 0 aliphatic heterocycles. The number of rotatable bonds is 4. The molecule has 118 valence electrons. The molecule has 1 aromatic rings. The van der Waals surface area contributed by atoms with Gasteiger partial charge in [-0.3, -0.25) is 0 Å². The van der Waals surface area contributed by atoms with E-state index in [1.807, 2.05) is 18.2 Å². The summed E-state index contributed by atoms with van der Waals surface area (Å²) in [5, 5.41) is 4.35. The predicted octanol–water partition coefficient (Wildman–Crippen LogP) is 4.93. The van der Waals surface area contributed by atoms with Gasteiger partial charge in [-0.2, -0.15) is 0 Å². The Bertz CT molecular complexity index is 445. The second-order valence-electron chi connectivity index (χ2n) is 7.47. The van der Waals surface area contributed by atoms with Crippen molar-refractivity contribution in [2.45, 2.75) is 52.5 Å². The van der Waals surface area contributed by atoms with Crippen molar-refractivity contribution < 1.29 is 0 Å². The van der Waals surface area contributed by atoms with Crippen molar-refractivity contribution in [3.05, 3.63) is 29.3 Å². The third kappa shape index (κ3) is 4.62. The highest BCUT2D eigenvalue weighted by Crippen LogP contribution is 2.41. The SMILES string of the molecule is CC(C)(C)C1CCC(C(CN)Nc2cccc(Cl)c2)CC1. The van der Waals surface area contributed by atoms with Crippen molar-refractivity contribution in [3.8, 4) is 0 Å². The second kappa shape index (κ2) is 7.02. The largest absolute Gasteiger partial charge is 0.381 e. The standard InChI is InChI=1S/C18H29ClN2/c1-18(2,3)14-9-7-13(8-10-14)17(12-20)21-16-6-4-5-15(19)11-16/h4-6,11,13-14,17,21H,7-10,12,20H2,1-3H3. The highest BCUT2D eigenvalue weighted by molar-refractivity contribution is 6.30. The van der Waals surface area contributed by atoms with E-state index in [9.17, 15) is 0 Å². The maximum Gasteiger partial charge on any atom is 0.0426 e. The number of nitrogens with one attached hydrogen (secondary N) is 1. The van der Waals surface area contributed by atoms with Crippen LogP contribution in [0, 0.1) is 17.3 Å². The van der Waals surface area contributed by atoms with Crippen LogP contribution in [0.2, 0.25) is 5.02 Å². The number of benzene rings is 1. The fourth-order valence-corrected chi connectivity index (χ4v) is 3.74. The molecular formula is C18H29ClN2. The van der Waals surface area contributed by atoms with Gasteiger partial charge in [0.2, 0.25) is 0 Å². The Kier molecular flexibility index (Phi) is 5.56. The molecular weight excluding hydrogens is 280 g/mol. The highest BCUT2D eigenvalue weighted by Gasteiger charge is 2.32. The molecule has 0 heterocycles. The lowest BCUT2D eigenvalue weighted by Gasteiger charge is -2.39. The molecule has 0 spiro atoms. The van der Waals surface area contributed by atoms with Gasteiger partial charge in [0.25, 0.3) is 0 Å². The van der Waals surface area contributed by atoms with E-state index in [1.54, 1.807) is 0 Å². The van der Waals surface area contributed by atoms with E-state index in [0.717, 1.165) is 16.6 Å². The maximum atomic E-state index is 6.06. The summed E-state index contributed by atoms with van der Waals surface area (Å²) in [6, 6.07) is 8.28. The average Bonchev–Trinajstić information content (AvgIpc) is 2.44. The predicted molar refractivity (Wildman–Crippen MR) is 92.8 cm³/mol. The van der Waals surface area contributed by atoms with E-state index in [2.05, 4.69) is 32.2 Å². The Morgan fingerprint density at radius 2 is 1.90 bits per heavy atom. The quantitative estimate of drug-likeness (QED) is 0.827. The molecule has 1 saturated carbocycles. The summed E-state index contributed by atoms with van der Waals surface area (Å²) in [5.41, 5.74) is 7.53. The van der Waals surface area contributed by atoms with Gasteiger partial charge in [-0.15, -0.1) is 0 Å². The number of nitrogens with two attached hydrogens (primary N) is 1. The van der Waals surface area contributed by atoms with Crippen molar-refractivity contribution >= 4 is 17.3 Å². The van der Waals surface area contributed by atoms with Crippen molar-refractivity contribution in [2.75, 3.05) is 11.9 Å². The van der Waals surface area contributed by atoms with Gasteiger partial charge in [-0.25, -0.2) is 0 Å². The van der Waals surface area contributed by atoms with Gasteiger partial charge in [0, 0.05) is 23.3 Å². The Morgan fingerprint density at radius 1 is 1.24 bits per heavy atom. The smallest absolute Gasteiger partial charge is 0.0426 e. The first-order valence-corrected chi connectivity index (χ1v) is 8.50. The Morgan fingerprint density at radius 3 is 2.43 bits per heavy atom. The van der Waals surface area contributed by atoms with E-state index in [1.165, 1.54) is 25.7 Å². The van der Waals surface area contributed by atoms with E-state index >= 15 is 0 Å². The summed E-state index contributed by atoms with van der Waals surface area (Å²) < 4.78 is 0. The lowest BCUT2D eigenvalue weighted by atomic mass is 9.68. The van der Waals surface area contributed by atoms with Gasteiger partial charge in [-0.05, 0) is 61.1 Å². The summed E-state index contributed by atoms with van der Waals surface area (Å²) in [6.45, 7) is 7.77. The second-order valence-corrected chi connectivity index (χ2v) is 7.91. The monoisotopic (exact) mass is 308 g/mol. The minimum absolute atomic E-state index is 0.351. The molecule has 2 nitrogen and oxygen atoms in total. The molecule has 3 heteroatoms. The van der Waals surface area contributed by atoms with Gasteiger partial charge in [0.05, 0.1) is 0 Å². The number of anilines is 1. The van der Waals surface area contributed by atoms with Crippen molar-refractivity contribution in [3.63, 3.8) is 0 Å². The van der Waals surface area contributed by atoms with Crippen molar-refractivity contribution in [2.24, 2.45) is 23.0 Å². The van der Waals surface area contributed by atoms with E-state index in [-0.39, 0.29) is 0 Å². The van der Waals surface area contributed by atoms with E-state index < -0.39 is 0 Å². The van der Waals surface area contributed by atoms with Crippen LogP contribution in [0.3, 0.4) is 0 Å². The van der Waals surface area contributed by atoms with Gasteiger partial charge in [-0.1, -0.05) is 38.4 Å². The van der Waals surface area contributed by atoms with Crippen LogP contribution >= 0.6 is 11.6 Å². The fraction of sp³-hybridized carbons (Fsp3) is 0.667. The van der Waals surface area contributed by atoms with Crippen LogP contribution in [0.25, 0.3) is 0 Å².